The molecule has 6 nitrogen and oxygen atoms in total. The Hall–Kier alpha value is -3.25. The van der Waals surface area contributed by atoms with Gasteiger partial charge >= 0.3 is 0 Å². The van der Waals surface area contributed by atoms with Gasteiger partial charge in [-0.15, -0.1) is 0 Å². The lowest BCUT2D eigenvalue weighted by Gasteiger charge is -2.36. The number of nitrogens with one attached hydrogen (secondary N) is 1. The first-order chi connectivity index (χ1) is 14.8. The predicted molar refractivity (Wildman–Crippen MR) is 117 cm³/mol. The van der Waals surface area contributed by atoms with Crippen molar-refractivity contribution in [2.75, 3.05) is 44.2 Å². The summed E-state index contributed by atoms with van der Waals surface area (Å²) in [5, 5.41) is 2.97. The normalized spacial score (nSPS) is 14.5. The van der Waals surface area contributed by atoms with E-state index in [1.165, 1.54) is 12.0 Å². The smallest absolute Gasteiger partial charge is 0.287 e. The van der Waals surface area contributed by atoms with Crippen molar-refractivity contribution in [3.63, 3.8) is 0 Å². The van der Waals surface area contributed by atoms with Crippen molar-refractivity contribution in [1.29, 1.82) is 0 Å². The number of carbonyl (C=O) groups is 1. The summed E-state index contributed by atoms with van der Waals surface area (Å²) < 4.78 is 11.1. The Morgan fingerprint density at radius 3 is 2.37 bits per heavy atom. The van der Waals surface area contributed by atoms with E-state index in [-0.39, 0.29) is 5.91 Å². The van der Waals surface area contributed by atoms with Gasteiger partial charge in [0, 0.05) is 50.5 Å². The molecule has 0 aliphatic carbocycles. The number of hydrogen-bond donors (Lipinski definition) is 1. The van der Waals surface area contributed by atoms with Crippen LogP contribution in [0.2, 0.25) is 0 Å². The molecule has 1 aliphatic rings. The van der Waals surface area contributed by atoms with Gasteiger partial charge in [0.05, 0.1) is 6.26 Å². The molecule has 156 valence electrons. The number of piperazine rings is 1. The third-order valence-corrected chi connectivity index (χ3v) is 5.30. The molecule has 3 aromatic rings. The second-order valence-corrected chi connectivity index (χ2v) is 7.30. The van der Waals surface area contributed by atoms with Crippen LogP contribution in [0, 0.1) is 0 Å². The van der Waals surface area contributed by atoms with Crippen molar-refractivity contribution in [2.45, 2.75) is 6.61 Å². The molecule has 1 saturated heterocycles. The van der Waals surface area contributed by atoms with Crippen molar-refractivity contribution >= 4 is 11.6 Å². The zero-order valence-electron chi connectivity index (χ0n) is 17.0. The molecule has 2 heterocycles. The van der Waals surface area contributed by atoms with Crippen LogP contribution in [-0.2, 0) is 6.61 Å². The van der Waals surface area contributed by atoms with Gasteiger partial charge in [0.25, 0.3) is 5.91 Å². The highest BCUT2D eigenvalue weighted by atomic mass is 16.5. The second-order valence-electron chi connectivity index (χ2n) is 7.30. The molecule has 0 saturated carbocycles. The van der Waals surface area contributed by atoms with Gasteiger partial charge in [-0.05, 0) is 30.3 Å². The summed E-state index contributed by atoms with van der Waals surface area (Å²) >= 11 is 0. The van der Waals surface area contributed by atoms with Gasteiger partial charge in [-0.1, -0.05) is 36.4 Å². The van der Waals surface area contributed by atoms with Gasteiger partial charge in [-0.25, -0.2) is 0 Å². The minimum Gasteiger partial charge on any atom is -0.489 e. The van der Waals surface area contributed by atoms with Crippen LogP contribution in [0.5, 0.6) is 5.75 Å². The Morgan fingerprint density at radius 2 is 1.63 bits per heavy atom. The molecule has 30 heavy (non-hydrogen) atoms. The third-order valence-electron chi connectivity index (χ3n) is 5.30. The van der Waals surface area contributed by atoms with E-state index in [0.717, 1.165) is 44.0 Å². The van der Waals surface area contributed by atoms with Crippen molar-refractivity contribution in [2.24, 2.45) is 0 Å². The van der Waals surface area contributed by atoms with E-state index in [1.54, 1.807) is 6.07 Å². The molecule has 2 aromatic carbocycles. The number of anilines is 1. The Balaban J connectivity index is 1.20. The maximum Gasteiger partial charge on any atom is 0.287 e. The topological polar surface area (TPSA) is 58.0 Å². The van der Waals surface area contributed by atoms with Crippen LogP contribution in [-0.4, -0.2) is 50.1 Å². The number of rotatable bonds is 8. The fourth-order valence-electron chi connectivity index (χ4n) is 3.60. The number of ether oxygens (including phenoxy) is 1. The fourth-order valence-corrected chi connectivity index (χ4v) is 3.60. The van der Waals surface area contributed by atoms with Crippen LogP contribution in [0.25, 0.3) is 0 Å². The van der Waals surface area contributed by atoms with Gasteiger partial charge in [-0.3, -0.25) is 9.69 Å². The van der Waals surface area contributed by atoms with E-state index >= 15 is 0 Å². The molecule has 1 aromatic heterocycles. The molecule has 0 atom stereocenters. The average Bonchev–Trinajstić information content (AvgIpc) is 3.28. The SMILES string of the molecule is O=C(NCCN1CCN(c2ccccc2)CC1)c1occc1COc1ccccc1. The molecule has 1 amide bonds. The first-order valence-electron chi connectivity index (χ1n) is 10.3. The molecule has 1 fully saturated rings. The van der Waals surface area contributed by atoms with Gasteiger partial charge < -0.3 is 19.4 Å². The highest BCUT2D eigenvalue weighted by molar-refractivity contribution is 5.92. The summed E-state index contributed by atoms with van der Waals surface area (Å²) in [4.78, 5) is 17.3. The highest BCUT2D eigenvalue weighted by Crippen LogP contribution is 2.17. The summed E-state index contributed by atoms with van der Waals surface area (Å²) in [5.41, 5.74) is 2.02. The Morgan fingerprint density at radius 1 is 0.933 bits per heavy atom. The number of furan rings is 1. The van der Waals surface area contributed by atoms with Crippen molar-refractivity contribution in [3.05, 3.63) is 84.3 Å². The van der Waals surface area contributed by atoms with Crippen LogP contribution in [0.1, 0.15) is 16.1 Å². The van der Waals surface area contributed by atoms with E-state index in [2.05, 4.69) is 39.4 Å². The zero-order chi connectivity index (χ0) is 20.6. The molecule has 1 aliphatic heterocycles. The molecule has 1 N–H and O–H groups in total. The van der Waals surface area contributed by atoms with Crippen LogP contribution >= 0.6 is 0 Å². The van der Waals surface area contributed by atoms with E-state index in [0.29, 0.717) is 18.9 Å². The first kappa shape index (κ1) is 20.0. The lowest BCUT2D eigenvalue weighted by molar-refractivity contribution is 0.0916. The maximum absolute atomic E-state index is 12.5. The minimum absolute atomic E-state index is 0.199. The van der Waals surface area contributed by atoms with E-state index in [9.17, 15) is 4.79 Å². The van der Waals surface area contributed by atoms with Crippen LogP contribution in [0.3, 0.4) is 0 Å². The Kier molecular flexibility index (Phi) is 6.67. The molecule has 0 unspecified atom stereocenters. The van der Waals surface area contributed by atoms with Crippen molar-refractivity contribution in [3.8, 4) is 5.75 Å². The molecule has 0 bridgehead atoms. The van der Waals surface area contributed by atoms with Crippen LogP contribution in [0.4, 0.5) is 5.69 Å². The molecule has 6 heteroatoms. The number of hydrogen-bond acceptors (Lipinski definition) is 5. The quantitative estimate of drug-likeness (QED) is 0.622. The van der Waals surface area contributed by atoms with Crippen LogP contribution < -0.4 is 15.0 Å². The zero-order valence-corrected chi connectivity index (χ0v) is 17.0. The van der Waals surface area contributed by atoms with E-state index < -0.39 is 0 Å². The standard InChI is InChI=1S/C24H27N3O3/c28-24(23-20(11-18-29-23)19-30-22-9-5-2-6-10-22)25-12-13-26-14-16-27(17-15-26)21-7-3-1-4-8-21/h1-11,18H,12-17,19H2,(H,25,28). The first-order valence-corrected chi connectivity index (χ1v) is 10.3. The number of para-hydroxylation sites is 2. The number of carbonyl (C=O) groups excluding carboxylic acids is 1. The largest absolute Gasteiger partial charge is 0.489 e. The number of benzene rings is 2. The molecule has 0 spiro atoms. The Labute approximate surface area is 177 Å². The van der Waals surface area contributed by atoms with Crippen molar-refractivity contribution < 1.29 is 13.9 Å². The highest BCUT2D eigenvalue weighted by Gasteiger charge is 2.19. The monoisotopic (exact) mass is 405 g/mol. The van der Waals surface area contributed by atoms with Gasteiger partial charge in [0.1, 0.15) is 12.4 Å². The third kappa shape index (κ3) is 5.21. The van der Waals surface area contributed by atoms with Gasteiger partial charge in [0.15, 0.2) is 5.76 Å². The summed E-state index contributed by atoms with van der Waals surface area (Å²) in [5.74, 6) is 0.883. The van der Waals surface area contributed by atoms with Crippen molar-refractivity contribution in [1.82, 2.24) is 10.2 Å². The van der Waals surface area contributed by atoms with Gasteiger partial charge in [-0.2, -0.15) is 0 Å². The number of amides is 1. The summed E-state index contributed by atoms with van der Waals surface area (Å²) in [6.45, 7) is 5.68. The van der Waals surface area contributed by atoms with E-state index in [1.807, 2.05) is 36.4 Å². The van der Waals surface area contributed by atoms with E-state index in [4.69, 9.17) is 9.15 Å². The fraction of sp³-hybridized carbons (Fsp3) is 0.292. The lowest BCUT2D eigenvalue weighted by Crippen LogP contribution is -2.48. The second kappa shape index (κ2) is 9.98. The summed E-state index contributed by atoms with van der Waals surface area (Å²) in [6, 6.07) is 21.8. The minimum atomic E-state index is -0.199. The van der Waals surface area contributed by atoms with Gasteiger partial charge in [0.2, 0.25) is 0 Å². The molecule has 0 radical (unpaired) electrons. The van der Waals surface area contributed by atoms with Crippen LogP contribution in [0.15, 0.2) is 77.4 Å². The number of nitrogens with zero attached hydrogens (tertiary/aromatic N) is 2. The summed E-state index contributed by atoms with van der Waals surface area (Å²) in [6.07, 6.45) is 1.53. The molecule has 4 rings (SSSR count). The Bertz CT molecular complexity index is 919. The molecular formula is C24H27N3O3. The average molecular weight is 405 g/mol. The maximum atomic E-state index is 12.5. The molecular weight excluding hydrogens is 378 g/mol. The predicted octanol–water partition coefficient (Wildman–Crippen LogP) is 3.41. The summed E-state index contributed by atoms with van der Waals surface area (Å²) in [7, 11) is 0. The lowest BCUT2D eigenvalue weighted by atomic mass is 10.2.